The maximum absolute atomic E-state index is 12.6. The zero-order valence-corrected chi connectivity index (χ0v) is 17.4. The molecule has 1 N–H and O–H groups in total. The molecule has 1 amide bonds. The number of nitrogens with one attached hydrogen (secondary N) is 1. The summed E-state index contributed by atoms with van der Waals surface area (Å²) in [4.78, 5) is 12.6. The van der Waals surface area contributed by atoms with Crippen molar-refractivity contribution in [2.24, 2.45) is 11.3 Å². The van der Waals surface area contributed by atoms with Crippen molar-refractivity contribution >= 4 is 25.4 Å². The molecule has 22 heavy (non-hydrogen) atoms. The van der Waals surface area contributed by atoms with Gasteiger partial charge in [-0.15, -0.1) is 0 Å². The third kappa shape index (κ3) is 5.31. The minimum Gasteiger partial charge on any atom is -0.400 e. The first kappa shape index (κ1) is 19.6. The maximum Gasteiger partial charge on any atom is 0.226 e. The number of hydrogen-bond donors (Lipinski definition) is 1. The van der Waals surface area contributed by atoms with Gasteiger partial charge < -0.3 is 18.9 Å². The van der Waals surface area contributed by atoms with Gasteiger partial charge in [0.05, 0.1) is 25.2 Å². The van der Waals surface area contributed by atoms with E-state index in [0.29, 0.717) is 13.2 Å². The summed E-state index contributed by atoms with van der Waals surface area (Å²) in [7, 11) is -1.20. The quantitative estimate of drug-likeness (QED) is 0.400. The predicted molar refractivity (Wildman–Crippen MR) is 94.2 cm³/mol. The lowest BCUT2D eigenvalue weighted by Gasteiger charge is -2.39. The molecule has 7 heteroatoms. The largest absolute Gasteiger partial charge is 0.400 e. The van der Waals surface area contributed by atoms with E-state index in [9.17, 15) is 4.79 Å². The van der Waals surface area contributed by atoms with Gasteiger partial charge in [-0.1, -0.05) is 39.1 Å². The Morgan fingerprint density at radius 2 is 2.00 bits per heavy atom. The third-order valence-corrected chi connectivity index (χ3v) is 5.34. The van der Waals surface area contributed by atoms with Crippen molar-refractivity contribution in [2.75, 3.05) is 13.2 Å². The van der Waals surface area contributed by atoms with Crippen LogP contribution in [0.2, 0.25) is 13.1 Å². The van der Waals surface area contributed by atoms with Crippen molar-refractivity contribution < 1.29 is 18.4 Å². The van der Waals surface area contributed by atoms with Crippen molar-refractivity contribution in [3.63, 3.8) is 0 Å². The molecule has 1 heterocycles. The van der Waals surface area contributed by atoms with E-state index in [1.54, 1.807) is 0 Å². The van der Waals surface area contributed by atoms with Crippen LogP contribution in [0.3, 0.4) is 0 Å². The number of allylic oxidation sites excluding steroid dienone is 1. The fraction of sp³-hybridized carbons (Fsp3) is 0.800. The van der Waals surface area contributed by atoms with Crippen LogP contribution in [0.1, 0.15) is 27.2 Å². The lowest BCUT2D eigenvalue weighted by molar-refractivity contribution is -0.146. The minimum absolute atomic E-state index is 0.0461. The molecule has 0 spiro atoms. The summed E-state index contributed by atoms with van der Waals surface area (Å²) in [5.74, 6) is -0.209. The molecule has 128 valence electrons. The molecule has 1 fully saturated rings. The van der Waals surface area contributed by atoms with Gasteiger partial charge >= 0.3 is 0 Å². The van der Waals surface area contributed by atoms with Gasteiger partial charge in [-0.3, -0.25) is 4.79 Å². The first-order valence-electron chi connectivity index (χ1n) is 8.19. The highest BCUT2D eigenvalue weighted by Crippen LogP contribution is 2.35. The van der Waals surface area contributed by atoms with Crippen LogP contribution < -0.4 is 5.32 Å². The molecular formula is C15H31NO4Si2. The van der Waals surface area contributed by atoms with E-state index in [1.807, 2.05) is 26.8 Å². The Morgan fingerprint density at radius 1 is 1.36 bits per heavy atom. The monoisotopic (exact) mass is 345 g/mol. The second kappa shape index (κ2) is 9.62. The molecule has 1 aliphatic heterocycles. The van der Waals surface area contributed by atoms with E-state index < -0.39 is 24.9 Å². The second-order valence-electron chi connectivity index (χ2n) is 6.16. The first-order chi connectivity index (χ1) is 10.5. The average Bonchev–Trinajstić information content (AvgIpc) is 2.66. The Hall–Kier alpha value is -0.476. The van der Waals surface area contributed by atoms with Gasteiger partial charge in [-0.05, 0) is 13.3 Å². The van der Waals surface area contributed by atoms with Crippen LogP contribution in [0.5, 0.6) is 0 Å². The first-order valence-corrected chi connectivity index (χ1v) is 12.2. The summed E-state index contributed by atoms with van der Waals surface area (Å²) in [6.45, 7) is 11.2. The molecule has 0 aromatic heterocycles. The van der Waals surface area contributed by atoms with Crippen LogP contribution in [-0.4, -0.2) is 51.0 Å². The lowest BCUT2D eigenvalue weighted by atomic mass is 9.78. The molecule has 0 aliphatic carbocycles. The van der Waals surface area contributed by atoms with Gasteiger partial charge in [-0.25, -0.2) is 0 Å². The molecule has 0 aromatic rings. The Bertz CT molecular complexity index is 371. The summed E-state index contributed by atoms with van der Waals surface area (Å²) in [5, 5.41) is 3.11. The van der Waals surface area contributed by atoms with Crippen LogP contribution >= 0.6 is 0 Å². The molecule has 0 aromatic carbocycles. The van der Waals surface area contributed by atoms with Gasteiger partial charge in [-0.2, -0.15) is 0 Å². The molecule has 2 atom stereocenters. The van der Waals surface area contributed by atoms with E-state index in [-0.39, 0.29) is 24.2 Å². The van der Waals surface area contributed by atoms with Crippen LogP contribution in [0.15, 0.2) is 12.2 Å². The molecule has 1 saturated heterocycles. The number of carbonyl (C=O) groups is 1. The van der Waals surface area contributed by atoms with Gasteiger partial charge in [0, 0.05) is 5.41 Å². The summed E-state index contributed by atoms with van der Waals surface area (Å²) >= 11 is 0. The number of ether oxygens (including phenoxy) is 1. The lowest BCUT2D eigenvalue weighted by Crippen LogP contribution is -2.49. The smallest absolute Gasteiger partial charge is 0.226 e. The van der Waals surface area contributed by atoms with E-state index in [2.05, 4.69) is 24.5 Å². The number of amides is 1. The van der Waals surface area contributed by atoms with Gasteiger partial charge in [0.2, 0.25) is 5.91 Å². The third-order valence-electron chi connectivity index (χ3n) is 4.06. The molecule has 1 aliphatic rings. The zero-order valence-electron chi connectivity index (χ0n) is 14.6. The Balaban J connectivity index is 2.81. The summed E-state index contributed by atoms with van der Waals surface area (Å²) in [6, 6.07) is 0.0471. The van der Waals surface area contributed by atoms with Crippen LogP contribution in [0, 0.1) is 11.3 Å². The van der Waals surface area contributed by atoms with E-state index in [0.717, 1.165) is 6.42 Å². The van der Waals surface area contributed by atoms with Gasteiger partial charge in [0.1, 0.15) is 6.29 Å². The SMILES string of the molecule is CC=CCC1COCC(C(C)(C)C(O[SiH2]C)O[SiH2]C)C(=O)N1. The molecule has 0 bridgehead atoms. The van der Waals surface area contributed by atoms with Crippen LogP contribution in [0.25, 0.3) is 0 Å². The zero-order chi connectivity index (χ0) is 16.6. The highest BCUT2D eigenvalue weighted by molar-refractivity contribution is 6.26. The molecular weight excluding hydrogens is 314 g/mol. The number of hydrogen-bond acceptors (Lipinski definition) is 4. The fourth-order valence-electron chi connectivity index (χ4n) is 2.67. The summed E-state index contributed by atoms with van der Waals surface area (Å²) < 4.78 is 17.5. The fourth-order valence-corrected chi connectivity index (χ4v) is 4.52. The number of carbonyl (C=O) groups excluding carboxylic acids is 1. The Morgan fingerprint density at radius 3 is 2.55 bits per heavy atom. The topological polar surface area (TPSA) is 56.8 Å². The van der Waals surface area contributed by atoms with E-state index in [4.69, 9.17) is 13.6 Å². The van der Waals surface area contributed by atoms with E-state index in [1.165, 1.54) is 0 Å². The second-order valence-corrected chi connectivity index (χ2v) is 7.99. The van der Waals surface area contributed by atoms with Crippen molar-refractivity contribution in [2.45, 2.75) is 52.6 Å². The highest BCUT2D eigenvalue weighted by Gasteiger charge is 2.44. The van der Waals surface area contributed by atoms with E-state index >= 15 is 0 Å². The minimum atomic E-state index is -0.601. The van der Waals surface area contributed by atoms with Crippen LogP contribution in [0.4, 0.5) is 0 Å². The van der Waals surface area contributed by atoms with Crippen molar-refractivity contribution in [3.05, 3.63) is 12.2 Å². The normalized spacial score (nSPS) is 26.1. The Labute approximate surface area is 139 Å². The van der Waals surface area contributed by atoms with Crippen molar-refractivity contribution in [1.29, 1.82) is 0 Å². The summed E-state index contributed by atoms with van der Waals surface area (Å²) in [6.07, 6.45) is 4.55. The maximum atomic E-state index is 12.6. The van der Waals surface area contributed by atoms with Crippen molar-refractivity contribution in [3.8, 4) is 0 Å². The summed E-state index contributed by atoms with van der Waals surface area (Å²) in [5.41, 5.74) is -0.397. The van der Waals surface area contributed by atoms with Crippen LogP contribution in [-0.2, 0) is 18.4 Å². The molecule has 0 saturated carbocycles. The molecule has 1 rings (SSSR count). The standard InChI is InChI=1S/C15H31NO4Si2/c1-6-7-8-11-9-18-10-12(13(17)16-11)15(2,3)14(19-21-4)20-22-5/h6-7,11-12,14H,8-10,21-22H2,1-5H3,(H,16,17). The van der Waals surface area contributed by atoms with Gasteiger partial charge in [0.25, 0.3) is 0 Å². The van der Waals surface area contributed by atoms with Crippen molar-refractivity contribution in [1.82, 2.24) is 5.32 Å². The highest BCUT2D eigenvalue weighted by atomic mass is 28.2. The predicted octanol–water partition coefficient (Wildman–Crippen LogP) is 0.733. The molecule has 5 nitrogen and oxygen atoms in total. The number of rotatable bonds is 8. The Kier molecular flexibility index (Phi) is 8.55. The molecule has 0 radical (unpaired) electrons. The molecule has 2 unspecified atom stereocenters. The average molecular weight is 346 g/mol. The van der Waals surface area contributed by atoms with Gasteiger partial charge in [0.15, 0.2) is 19.5 Å².